The summed E-state index contributed by atoms with van der Waals surface area (Å²) in [6.07, 6.45) is 2.72. The molecule has 2 aromatic rings. The molecule has 1 heterocycles. The zero-order chi connectivity index (χ0) is 22.4. The number of hydrogen-bond donors (Lipinski definition) is 2. The molecule has 0 unspecified atom stereocenters. The molecule has 2 N–H and O–H groups in total. The molecule has 1 saturated heterocycles. The molecule has 0 radical (unpaired) electrons. The molecule has 10 heteroatoms. The van der Waals surface area contributed by atoms with Crippen LogP contribution in [0.4, 0.5) is 11.4 Å². The maximum atomic E-state index is 12.9. The summed E-state index contributed by atoms with van der Waals surface area (Å²) in [5, 5.41) is 14.8. The molecular weight excluding hydrogens is 440 g/mol. The second-order valence-corrected chi connectivity index (χ2v) is 9.38. The van der Waals surface area contributed by atoms with Crippen LogP contribution in [-0.4, -0.2) is 45.4 Å². The molecule has 1 aliphatic rings. The fourth-order valence-corrected chi connectivity index (χ4v) is 5.07. The molecule has 1 amide bonds. The average molecular weight is 463 g/mol. The van der Waals surface area contributed by atoms with Crippen molar-refractivity contribution in [3.05, 3.63) is 47.0 Å². The van der Waals surface area contributed by atoms with Gasteiger partial charge in [-0.25, -0.2) is 8.42 Å². The first kappa shape index (κ1) is 22.9. The molecule has 0 saturated carbocycles. The number of carbonyl (C=O) groups is 1. The van der Waals surface area contributed by atoms with Crippen LogP contribution in [0, 0.1) is 11.3 Å². The second-order valence-electron chi connectivity index (χ2n) is 7.03. The first-order chi connectivity index (χ1) is 14.8. The maximum Gasteiger partial charge on any atom is 0.243 e. The predicted molar refractivity (Wildman–Crippen MR) is 119 cm³/mol. The number of nitrogens with zero attached hydrogens (tertiary/aromatic N) is 2. The summed E-state index contributed by atoms with van der Waals surface area (Å²) in [4.78, 5) is 12.5. The van der Waals surface area contributed by atoms with Gasteiger partial charge in [0.2, 0.25) is 15.9 Å². The lowest BCUT2D eigenvalue weighted by molar-refractivity contribution is -0.114. The van der Waals surface area contributed by atoms with Gasteiger partial charge in [-0.05, 0) is 49.2 Å². The van der Waals surface area contributed by atoms with Crippen molar-refractivity contribution in [3.8, 4) is 11.8 Å². The number of methoxy groups -OCH3 is 1. The summed E-state index contributed by atoms with van der Waals surface area (Å²) < 4.78 is 32.7. The maximum absolute atomic E-state index is 12.9. The Morgan fingerprint density at radius 1 is 1.19 bits per heavy atom. The van der Waals surface area contributed by atoms with Gasteiger partial charge < -0.3 is 15.4 Å². The SMILES string of the molecule is COc1ccc(S(=O)(=O)N2CCCCC2)cc1NCC(=O)Nc1ccc(C#N)c(Cl)c1. The zero-order valence-corrected chi connectivity index (χ0v) is 18.6. The van der Waals surface area contributed by atoms with Crippen LogP contribution in [-0.2, 0) is 14.8 Å². The highest BCUT2D eigenvalue weighted by Crippen LogP contribution is 2.30. The molecule has 8 nitrogen and oxygen atoms in total. The first-order valence-corrected chi connectivity index (χ1v) is 11.6. The van der Waals surface area contributed by atoms with E-state index < -0.39 is 10.0 Å². The van der Waals surface area contributed by atoms with Crippen molar-refractivity contribution >= 4 is 38.9 Å². The molecule has 3 rings (SSSR count). The Hall–Kier alpha value is -2.80. The van der Waals surface area contributed by atoms with Crippen molar-refractivity contribution in [3.63, 3.8) is 0 Å². The van der Waals surface area contributed by atoms with E-state index in [-0.39, 0.29) is 22.4 Å². The molecule has 0 aromatic heterocycles. The number of amides is 1. The van der Waals surface area contributed by atoms with Crippen LogP contribution in [0.25, 0.3) is 0 Å². The number of carbonyl (C=O) groups excluding carboxylic acids is 1. The summed E-state index contributed by atoms with van der Waals surface area (Å²) >= 11 is 5.98. The lowest BCUT2D eigenvalue weighted by Crippen LogP contribution is -2.35. The molecule has 0 aliphatic carbocycles. The number of hydrogen-bond acceptors (Lipinski definition) is 6. The molecule has 2 aromatic carbocycles. The minimum Gasteiger partial charge on any atom is -0.495 e. The Bertz CT molecular complexity index is 1110. The predicted octanol–water partition coefficient (Wildman–Crippen LogP) is 3.45. The third-order valence-electron chi connectivity index (χ3n) is 4.94. The van der Waals surface area contributed by atoms with Gasteiger partial charge in [-0.3, -0.25) is 4.79 Å². The topological polar surface area (TPSA) is 112 Å². The van der Waals surface area contributed by atoms with Gasteiger partial charge in [0.25, 0.3) is 0 Å². The van der Waals surface area contributed by atoms with E-state index in [0.717, 1.165) is 19.3 Å². The molecule has 0 spiro atoms. The summed E-state index contributed by atoms with van der Waals surface area (Å²) in [5.74, 6) is 0.0546. The van der Waals surface area contributed by atoms with Crippen molar-refractivity contribution in [1.29, 1.82) is 5.26 Å². The monoisotopic (exact) mass is 462 g/mol. The van der Waals surface area contributed by atoms with Crippen LogP contribution in [0.1, 0.15) is 24.8 Å². The third kappa shape index (κ3) is 5.47. The van der Waals surface area contributed by atoms with Crippen molar-refractivity contribution in [1.82, 2.24) is 4.31 Å². The van der Waals surface area contributed by atoms with Crippen LogP contribution >= 0.6 is 11.6 Å². The van der Waals surface area contributed by atoms with E-state index in [1.807, 2.05) is 6.07 Å². The molecule has 1 aliphatic heterocycles. The number of piperidine rings is 1. The van der Waals surface area contributed by atoms with E-state index in [1.54, 1.807) is 12.1 Å². The summed E-state index contributed by atoms with van der Waals surface area (Å²) in [6.45, 7) is 0.889. The molecule has 31 heavy (non-hydrogen) atoms. The minimum absolute atomic E-state index is 0.124. The number of rotatable bonds is 7. The summed E-state index contributed by atoms with van der Waals surface area (Å²) in [5.41, 5.74) is 1.16. The van der Waals surface area contributed by atoms with Crippen molar-refractivity contribution < 1.29 is 17.9 Å². The van der Waals surface area contributed by atoms with Crippen molar-refractivity contribution in [2.45, 2.75) is 24.2 Å². The lowest BCUT2D eigenvalue weighted by Gasteiger charge is -2.26. The quantitative estimate of drug-likeness (QED) is 0.651. The number of nitriles is 1. The van der Waals surface area contributed by atoms with Gasteiger partial charge >= 0.3 is 0 Å². The standard InChI is InChI=1S/C21H23ClN4O4S/c1-30-20-8-7-17(31(28,29)26-9-3-2-4-10-26)12-19(20)24-14-21(27)25-16-6-5-15(13-23)18(22)11-16/h5-8,11-12,24H,2-4,9-10,14H2,1H3,(H,25,27). The van der Waals surface area contributed by atoms with Gasteiger partial charge in [-0.15, -0.1) is 0 Å². The highest BCUT2D eigenvalue weighted by atomic mass is 35.5. The minimum atomic E-state index is -3.61. The zero-order valence-electron chi connectivity index (χ0n) is 17.0. The van der Waals surface area contributed by atoms with Gasteiger partial charge in [0.15, 0.2) is 0 Å². The molecule has 1 fully saturated rings. The molecular formula is C21H23ClN4O4S. The third-order valence-corrected chi connectivity index (χ3v) is 7.14. The van der Waals surface area contributed by atoms with Crippen LogP contribution in [0.3, 0.4) is 0 Å². The highest BCUT2D eigenvalue weighted by Gasteiger charge is 2.26. The number of ether oxygens (including phenoxy) is 1. The van der Waals surface area contributed by atoms with E-state index in [4.69, 9.17) is 21.6 Å². The molecule has 0 atom stereocenters. The Balaban J connectivity index is 1.71. The Morgan fingerprint density at radius 3 is 2.58 bits per heavy atom. The summed E-state index contributed by atoms with van der Waals surface area (Å²) in [6, 6.07) is 11.1. The van der Waals surface area contributed by atoms with E-state index in [2.05, 4.69) is 10.6 Å². The molecule has 0 bridgehead atoms. The fourth-order valence-electron chi connectivity index (χ4n) is 3.30. The first-order valence-electron chi connectivity index (χ1n) is 9.76. The highest BCUT2D eigenvalue weighted by molar-refractivity contribution is 7.89. The van der Waals surface area contributed by atoms with Crippen LogP contribution in [0.5, 0.6) is 5.75 Å². The largest absolute Gasteiger partial charge is 0.495 e. The van der Waals surface area contributed by atoms with Crippen LogP contribution < -0.4 is 15.4 Å². The van der Waals surface area contributed by atoms with Gasteiger partial charge in [0.05, 0.1) is 34.8 Å². The normalized spacial score (nSPS) is 14.5. The Kier molecular flexibility index (Phi) is 7.38. The fraction of sp³-hybridized carbons (Fsp3) is 0.333. The number of benzene rings is 2. The Labute approximate surface area is 186 Å². The van der Waals surface area contributed by atoms with E-state index in [9.17, 15) is 13.2 Å². The number of sulfonamides is 1. The average Bonchev–Trinajstić information content (AvgIpc) is 2.78. The van der Waals surface area contributed by atoms with E-state index >= 15 is 0 Å². The van der Waals surface area contributed by atoms with Crippen molar-refractivity contribution in [2.24, 2.45) is 0 Å². The number of anilines is 2. The smallest absolute Gasteiger partial charge is 0.243 e. The van der Waals surface area contributed by atoms with Gasteiger partial charge in [0, 0.05) is 18.8 Å². The number of halogens is 1. The second kappa shape index (κ2) is 10.0. The van der Waals surface area contributed by atoms with E-state index in [0.29, 0.717) is 35.8 Å². The van der Waals surface area contributed by atoms with Crippen LogP contribution in [0.2, 0.25) is 5.02 Å². The van der Waals surface area contributed by atoms with Crippen molar-refractivity contribution in [2.75, 3.05) is 37.4 Å². The van der Waals surface area contributed by atoms with E-state index in [1.165, 1.54) is 35.7 Å². The van der Waals surface area contributed by atoms with Gasteiger partial charge in [-0.2, -0.15) is 9.57 Å². The Morgan fingerprint density at radius 2 is 1.94 bits per heavy atom. The van der Waals surface area contributed by atoms with Gasteiger partial charge in [0.1, 0.15) is 11.8 Å². The lowest BCUT2D eigenvalue weighted by atomic mass is 10.2. The number of nitrogens with one attached hydrogen (secondary N) is 2. The van der Waals surface area contributed by atoms with Gasteiger partial charge in [-0.1, -0.05) is 18.0 Å². The molecule has 164 valence electrons. The van der Waals surface area contributed by atoms with Crippen LogP contribution in [0.15, 0.2) is 41.3 Å². The summed E-state index contributed by atoms with van der Waals surface area (Å²) in [7, 11) is -2.14.